The molecule has 0 radical (unpaired) electrons. The van der Waals surface area contributed by atoms with Crippen LogP contribution in [0.2, 0.25) is 0 Å². The summed E-state index contributed by atoms with van der Waals surface area (Å²) >= 11 is 0. The van der Waals surface area contributed by atoms with Crippen LogP contribution in [0.15, 0.2) is 41.3 Å². The van der Waals surface area contributed by atoms with E-state index in [1.54, 1.807) is 12.1 Å². The van der Waals surface area contributed by atoms with Gasteiger partial charge in [0.1, 0.15) is 5.75 Å². The van der Waals surface area contributed by atoms with Crippen LogP contribution in [-0.2, 0) is 10.0 Å². The van der Waals surface area contributed by atoms with Crippen molar-refractivity contribution in [3.8, 4) is 5.75 Å². The minimum absolute atomic E-state index is 0.0410. The Balaban J connectivity index is 1.82. The van der Waals surface area contributed by atoms with Crippen LogP contribution in [-0.4, -0.2) is 21.1 Å². The Hall–Kier alpha value is -1.59. The Morgan fingerprint density at radius 1 is 1.08 bits per heavy atom. The number of sulfonamides is 1. The molecule has 2 atom stereocenters. The minimum Gasteiger partial charge on any atom is -0.494 e. The molecular formula is C20H27NO3S. The predicted molar refractivity (Wildman–Crippen MR) is 101 cm³/mol. The van der Waals surface area contributed by atoms with Gasteiger partial charge < -0.3 is 4.74 Å². The summed E-state index contributed by atoms with van der Waals surface area (Å²) in [5, 5.41) is 1.89. The average molecular weight is 362 g/mol. The minimum atomic E-state index is -3.49. The fourth-order valence-corrected chi connectivity index (χ4v) is 4.85. The largest absolute Gasteiger partial charge is 0.494 e. The lowest BCUT2D eigenvalue weighted by atomic mass is 9.87. The molecule has 0 aliphatic heterocycles. The molecule has 0 aromatic heterocycles. The van der Waals surface area contributed by atoms with Crippen LogP contribution in [0, 0.1) is 5.92 Å². The van der Waals surface area contributed by atoms with Gasteiger partial charge in [-0.15, -0.1) is 0 Å². The van der Waals surface area contributed by atoms with Crippen LogP contribution in [0.5, 0.6) is 5.75 Å². The van der Waals surface area contributed by atoms with Crippen molar-refractivity contribution in [1.29, 1.82) is 0 Å². The molecule has 3 rings (SSSR count). The van der Waals surface area contributed by atoms with E-state index in [4.69, 9.17) is 4.74 Å². The average Bonchev–Trinajstić information content (AvgIpc) is 2.61. The molecule has 0 bridgehead atoms. The number of ether oxygens (including phenoxy) is 1. The second kappa shape index (κ2) is 7.75. The van der Waals surface area contributed by atoms with Crippen molar-refractivity contribution in [2.24, 2.45) is 5.92 Å². The lowest BCUT2D eigenvalue weighted by Crippen LogP contribution is -2.40. The zero-order chi connectivity index (χ0) is 17.9. The van der Waals surface area contributed by atoms with Crippen molar-refractivity contribution in [2.75, 3.05) is 6.61 Å². The maximum Gasteiger partial charge on any atom is 0.240 e. The number of hydrogen-bond acceptors (Lipinski definition) is 3. The van der Waals surface area contributed by atoms with Crippen LogP contribution in [0.4, 0.5) is 0 Å². The molecule has 1 N–H and O–H groups in total. The van der Waals surface area contributed by atoms with E-state index in [1.165, 1.54) is 6.42 Å². The van der Waals surface area contributed by atoms with E-state index < -0.39 is 10.0 Å². The fourth-order valence-electron chi connectivity index (χ4n) is 3.44. The van der Waals surface area contributed by atoms with Crippen molar-refractivity contribution >= 4 is 20.8 Å². The molecule has 1 fully saturated rings. The number of nitrogens with one attached hydrogen (secondary N) is 1. The molecule has 1 saturated carbocycles. The summed E-state index contributed by atoms with van der Waals surface area (Å²) in [7, 11) is -3.49. The quantitative estimate of drug-likeness (QED) is 0.825. The fraction of sp³-hybridized carbons (Fsp3) is 0.500. The summed E-state index contributed by atoms with van der Waals surface area (Å²) in [5.74, 6) is 1.21. The molecule has 0 heterocycles. The molecule has 4 nitrogen and oxygen atoms in total. The third-order valence-corrected chi connectivity index (χ3v) is 6.47. The van der Waals surface area contributed by atoms with Gasteiger partial charge in [-0.1, -0.05) is 38.8 Å². The number of fused-ring (bicyclic) bond motifs is 1. The zero-order valence-corrected chi connectivity index (χ0v) is 15.8. The van der Waals surface area contributed by atoms with Gasteiger partial charge in [-0.05, 0) is 60.2 Å². The van der Waals surface area contributed by atoms with Crippen molar-refractivity contribution in [1.82, 2.24) is 4.72 Å². The summed E-state index contributed by atoms with van der Waals surface area (Å²) in [6, 6.07) is 11.1. The number of hydrogen-bond donors (Lipinski definition) is 1. The summed E-state index contributed by atoms with van der Waals surface area (Å²) in [6.07, 6.45) is 5.26. The van der Waals surface area contributed by atoms with E-state index in [-0.39, 0.29) is 6.04 Å². The van der Waals surface area contributed by atoms with Crippen molar-refractivity contribution in [3.05, 3.63) is 36.4 Å². The lowest BCUT2D eigenvalue weighted by Gasteiger charge is -2.29. The summed E-state index contributed by atoms with van der Waals surface area (Å²) in [4.78, 5) is 0.333. The standard InChI is InChI=1S/C20H27NO3S/c1-3-12-24-18-10-8-17-14-19(11-9-16(17)13-18)25(22,23)21-20-7-5-4-6-15(20)2/h8-11,13-15,20-21H,3-7,12H2,1-2H3/t15-,20+/m1/s1. The van der Waals surface area contributed by atoms with Gasteiger partial charge in [-0.2, -0.15) is 0 Å². The monoisotopic (exact) mass is 361 g/mol. The highest BCUT2D eigenvalue weighted by molar-refractivity contribution is 7.89. The maximum absolute atomic E-state index is 12.8. The van der Waals surface area contributed by atoms with E-state index in [2.05, 4.69) is 18.6 Å². The van der Waals surface area contributed by atoms with E-state index >= 15 is 0 Å². The molecule has 136 valence electrons. The third-order valence-electron chi connectivity index (χ3n) is 4.98. The van der Waals surface area contributed by atoms with Crippen LogP contribution >= 0.6 is 0 Å². The zero-order valence-electron chi connectivity index (χ0n) is 15.0. The molecule has 0 unspecified atom stereocenters. The van der Waals surface area contributed by atoms with Crippen LogP contribution in [0.1, 0.15) is 46.0 Å². The van der Waals surface area contributed by atoms with Gasteiger partial charge in [-0.3, -0.25) is 0 Å². The second-order valence-electron chi connectivity index (χ2n) is 7.01. The molecular weight excluding hydrogens is 334 g/mol. The normalized spacial score (nSPS) is 21.4. The summed E-state index contributed by atoms with van der Waals surface area (Å²) < 4.78 is 34.1. The highest BCUT2D eigenvalue weighted by Crippen LogP contribution is 2.27. The Bertz CT molecular complexity index is 832. The molecule has 0 spiro atoms. The Morgan fingerprint density at radius 3 is 2.56 bits per heavy atom. The SMILES string of the molecule is CCCOc1ccc2cc(S(=O)(=O)N[C@H]3CCCC[C@H]3C)ccc2c1. The maximum atomic E-state index is 12.8. The topological polar surface area (TPSA) is 55.4 Å². The van der Waals surface area contributed by atoms with Gasteiger partial charge in [0.2, 0.25) is 10.0 Å². The van der Waals surface area contributed by atoms with Gasteiger partial charge in [0, 0.05) is 6.04 Å². The van der Waals surface area contributed by atoms with E-state index in [9.17, 15) is 8.42 Å². The molecule has 0 amide bonds. The van der Waals surface area contributed by atoms with Crippen LogP contribution < -0.4 is 9.46 Å². The Kier molecular flexibility index (Phi) is 5.64. The highest BCUT2D eigenvalue weighted by atomic mass is 32.2. The third kappa shape index (κ3) is 4.33. The Labute approximate surface area is 150 Å². The first-order valence-electron chi connectivity index (χ1n) is 9.18. The van der Waals surface area contributed by atoms with E-state index in [0.29, 0.717) is 17.4 Å². The second-order valence-corrected chi connectivity index (χ2v) is 8.72. The van der Waals surface area contributed by atoms with E-state index in [0.717, 1.165) is 42.2 Å². The molecule has 0 saturated heterocycles. The Morgan fingerprint density at radius 2 is 1.80 bits per heavy atom. The number of benzene rings is 2. The molecule has 1 aliphatic carbocycles. The number of rotatable bonds is 6. The van der Waals surface area contributed by atoms with Crippen LogP contribution in [0.25, 0.3) is 10.8 Å². The lowest BCUT2D eigenvalue weighted by molar-refractivity contribution is 0.310. The first kappa shape index (κ1) is 18.2. The predicted octanol–water partition coefficient (Wildman–Crippen LogP) is 4.49. The molecule has 1 aliphatic rings. The first-order valence-corrected chi connectivity index (χ1v) is 10.7. The summed E-state index contributed by atoms with van der Waals surface area (Å²) in [5.41, 5.74) is 0. The molecule has 2 aromatic rings. The van der Waals surface area contributed by atoms with Gasteiger partial charge in [0.25, 0.3) is 0 Å². The molecule has 25 heavy (non-hydrogen) atoms. The molecule has 5 heteroatoms. The van der Waals surface area contributed by atoms with Crippen molar-refractivity contribution in [3.63, 3.8) is 0 Å². The van der Waals surface area contributed by atoms with Gasteiger partial charge >= 0.3 is 0 Å². The highest BCUT2D eigenvalue weighted by Gasteiger charge is 2.26. The summed E-state index contributed by atoms with van der Waals surface area (Å²) in [6.45, 7) is 4.88. The van der Waals surface area contributed by atoms with E-state index in [1.807, 2.05) is 24.3 Å². The first-order chi connectivity index (χ1) is 12.0. The van der Waals surface area contributed by atoms with Crippen molar-refractivity contribution < 1.29 is 13.2 Å². The van der Waals surface area contributed by atoms with Crippen LogP contribution in [0.3, 0.4) is 0 Å². The van der Waals surface area contributed by atoms with Gasteiger partial charge in [0.15, 0.2) is 0 Å². The molecule has 2 aromatic carbocycles. The van der Waals surface area contributed by atoms with Crippen molar-refractivity contribution in [2.45, 2.75) is 56.9 Å². The van der Waals surface area contributed by atoms with Gasteiger partial charge in [0.05, 0.1) is 11.5 Å². The smallest absolute Gasteiger partial charge is 0.240 e. The van der Waals surface area contributed by atoms with Gasteiger partial charge in [-0.25, -0.2) is 13.1 Å².